The highest BCUT2D eigenvalue weighted by atomic mass is 16.5. The molecule has 0 saturated heterocycles. The summed E-state index contributed by atoms with van der Waals surface area (Å²) in [5, 5.41) is 2.29. The van der Waals surface area contributed by atoms with Crippen LogP contribution in [0, 0.1) is 0 Å². The van der Waals surface area contributed by atoms with E-state index in [0.717, 1.165) is 17.2 Å². The first kappa shape index (κ1) is 12.8. The zero-order valence-corrected chi connectivity index (χ0v) is 11.0. The van der Waals surface area contributed by atoms with Crippen LogP contribution in [0.15, 0.2) is 42.5 Å². The van der Waals surface area contributed by atoms with Gasteiger partial charge in [0.15, 0.2) is 6.29 Å². The monoisotopic (exact) mass is 242 g/mol. The Morgan fingerprint density at radius 3 is 2.33 bits per heavy atom. The number of benzene rings is 2. The van der Waals surface area contributed by atoms with Crippen LogP contribution in [0.4, 0.5) is 0 Å². The van der Waals surface area contributed by atoms with Gasteiger partial charge < -0.3 is 9.53 Å². The predicted octanol–water partition coefficient (Wildman–Crippen LogP) is 3.89. The zero-order chi connectivity index (χ0) is 13.2. The third-order valence-electron chi connectivity index (χ3n) is 2.71. The largest absolute Gasteiger partial charge is 0.360 e. The van der Waals surface area contributed by atoms with Crippen LogP contribution >= 0.6 is 0 Å². The molecule has 2 aromatic rings. The molecule has 2 rings (SSSR count). The molecular formula is C16H18O2. The maximum Gasteiger partial charge on any atom is 0.153 e. The highest BCUT2D eigenvalue weighted by molar-refractivity contribution is 5.83. The lowest BCUT2D eigenvalue weighted by atomic mass is 10.0. The molecule has 18 heavy (non-hydrogen) atoms. The highest BCUT2D eigenvalue weighted by Crippen LogP contribution is 2.25. The minimum atomic E-state index is -0.505. The van der Waals surface area contributed by atoms with Crippen LogP contribution in [0.3, 0.4) is 0 Å². The summed E-state index contributed by atoms with van der Waals surface area (Å²) in [4.78, 5) is 11.2. The first-order valence-corrected chi connectivity index (χ1v) is 6.11. The number of hydrogen-bond donors (Lipinski definition) is 0. The number of aldehydes is 1. The molecule has 0 fully saturated rings. The van der Waals surface area contributed by atoms with Gasteiger partial charge in [-0.05, 0) is 43.2 Å². The molecule has 0 N–H and O–H groups in total. The molecule has 0 radical (unpaired) electrons. The molecule has 0 aliphatic rings. The summed E-state index contributed by atoms with van der Waals surface area (Å²) in [6.45, 7) is 5.85. The molecule has 1 atom stereocenters. The van der Waals surface area contributed by atoms with Crippen molar-refractivity contribution in [2.75, 3.05) is 0 Å². The van der Waals surface area contributed by atoms with E-state index in [1.807, 2.05) is 57.2 Å². The fourth-order valence-electron chi connectivity index (χ4n) is 1.94. The van der Waals surface area contributed by atoms with Crippen LogP contribution in [0.2, 0.25) is 0 Å². The van der Waals surface area contributed by atoms with Crippen molar-refractivity contribution < 1.29 is 9.53 Å². The molecular weight excluding hydrogens is 224 g/mol. The van der Waals surface area contributed by atoms with E-state index in [4.69, 9.17) is 4.74 Å². The number of rotatable bonds is 3. The second-order valence-electron chi connectivity index (χ2n) is 5.39. The fourth-order valence-corrected chi connectivity index (χ4v) is 1.94. The lowest BCUT2D eigenvalue weighted by Gasteiger charge is -2.24. The Labute approximate surface area is 108 Å². The third kappa shape index (κ3) is 2.96. The Balaban J connectivity index is 2.36. The van der Waals surface area contributed by atoms with Gasteiger partial charge in [-0.15, -0.1) is 0 Å². The van der Waals surface area contributed by atoms with Crippen molar-refractivity contribution in [3.8, 4) is 0 Å². The van der Waals surface area contributed by atoms with Gasteiger partial charge in [-0.3, -0.25) is 0 Å². The van der Waals surface area contributed by atoms with Crippen molar-refractivity contribution in [2.24, 2.45) is 0 Å². The second-order valence-corrected chi connectivity index (χ2v) is 5.39. The summed E-state index contributed by atoms with van der Waals surface area (Å²) in [6, 6.07) is 14.1. The van der Waals surface area contributed by atoms with Gasteiger partial charge in [-0.25, -0.2) is 0 Å². The first-order valence-electron chi connectivity index (χ1n) is 6.11. The molecule has 0 saturated carbocycles. The second kappa shape index (κ2) is 4.91. The fraction of sp³-hybridized carbons (Fsp3) is 0.312. The van der Waals surface area contributed by atoms with Gasteiger partial charge in [0.25, 0.3) is 0 Å². The zero-order valence-electron chi connectivity index (χ0n) is 11.0. The molecule has 0 bridgehead atoms. The average Bonchev–Trinajstić information content (AvgIpc) is 2.34. The van der Waals surface area contributed by atoms with Crippen molar-refractivity contribution in [1.82, 2.24) is 0 Å². The number of carbonyl (C=O) groups is 1. The molecule has 0 spiro atoms. The predicted molar refractivity (Wildman–Crippen MR) is 73.6 cm³/mol. The standard InChI is InChI=1S/C16H18O2/c1-16(2,3)18-15(11-17)14-9-8-12-6-4-5-7-13(12)10-14/h4-11,15H,1-3H3. The first-order chi connectivity index (χ1) is 8.49. The minimum absolute atomic E-state index is 0.336. The van der Waals surface area contributed by atoms with E-state index in [9.17, 15) is 4.79 Å². The van der Waals surface area contributed by atoms with E-state index in [1.54, 1.807) is 0 Å². The SMILES string of the molecule is CC(C)(C)OC(C=O)c1ccc2ccccc2c1. The Morgan fingerprint density at radius 2 is 1.72 bits per heavy atom. The maximum atomic E-state index is 11.2. The smallest absolute Gasteiger partial charge is 0.153 e. The van der Waals surface area contributed by atoms with Gasteiger partial charge in [0.1, 0.15) is 6.10 Å². The number of carbonyl (C=O) groups excluding carboxylic acids is 1. The lowest BCUT2D eigenvalue weighted by Crippen LogP contribution is -2.23. The van der Waals surface area contributed by atoms with Crippen molar-refractivity contribution in [3.63, 3.8) is 0 Å². The van der Waals surface area contributed by atoms with Gasteiger partial charge >= 0.3 is 0 Å². The molecule has 0 amide bonds. The molecule has 94 valence electrons. The number of fused-ring (bicyclic) bond motifs is 1. The summed E-state index contributed by atoms with van der Waals surface area (Å²) < 4.78 is 5.75. The van der Waals surface area contributed by atoms with E-state index in [1.165, 1.54) is 5.39 Å². The van der Waals surface area contributed by atoms with Gasteiger partial charge in [-0.2, -0.15) is 0 Å². The van der Waals surface area contributed by atoms with E-state index < -0.39 is 6.10 Å². The quantitative estimate of drug-likeness (QED) is 0.763. The van der Waals surface area contributed by atoms with Gasteiger partial charge in [0.05, 0.1) is 5.60 Å². The Morgan fingerprint density at radius 1 is 1.06 bits per heavy atom. The molecule has 0 aliphatic heterocycles. The van der Waals surface area contributed by atoms with Crippen LogP contribution in [-0.2, 0) is 9.53 Å². The summed E-state index contributed by atoms with van der Waals surface area (Å²) in [7, 11) is 0. The van der Waals surface area contributed by atoms with Crippen molar-refractivity contribution in [3.05, 3.63) is 48.0 Å². The minimum Gasteiger partial charge on any atom is -0.360 e. The van der Waals surface area contributed by atoms with Gasteiger partial charge in [-0.1, -0.05) is 36.4 Å². The van der Waals surface area contributed by atoms with Crippen LogP contribution in [-0.4, -0.2) is 11.9 Å². The van der Waals surface area contributed by atoms with E-state index >= 15 is 0 Å². The molecule has 0 heterocycles. The molecule has 0 aliphatic carbocycles. The van der Waals surface area contributed by atoms with Crippen LogP contribution in [0.25, 0.3) is 10.8 Å². The molecule has 2 heteroatoms. The van der Waals surface area contributed by atoms with Crippen LogP contribution in [0.5, 0.6) is 0 Å². The average molecular weight is 242 g/mol. The summed E-state index contributed by atoms with van der Waals surface area (Å²) in [5.74, 6) is 0. The topological polar surface area (TPSA) is 26.3 Å². The maximum absolute atomic E-state index is 11.2. The Bertz CT molecular complexity index is 552. The van der Waals surface area contributed by atoms with Gasteiger partial charge in [0.2, 0.25) is 0 Å². The molecule has 0 aromatic heterocycles. The van der Waals surface area contributed by atoms with Crippen LogP contribution in [0.1, 0.15) is 32.4 Å². The van der Waals surface area contributed by atoms with Crippen LogP contribution < -0.4 is 0 Å². The Hall–Kier alpha value is -1.67. The summed E-state index contributed by atoms with van der Waals surface area (Å²) in [6.07, 6.45) is 0.352. The van der Waals surface area contributed by atoms with Crippen molar-refractivity contribution >= 4 is 17.1 Å². The number of hydrogen-bond acceptors (Lipinski definition) is 2. The van der Waals surface area contributed by atoms with E-state index in [2.05, 4.69) is 6.07 Å². The van der Waals surface area contributed by atoms with Gasteiger partial charge in [0, 0.05) is 0 Å². The summed E-state index contributed by atoms with van der Waals surface area (Å²) in [5.41, 5.74) is 0.565. The lowest BCUT2D eigenvalue weighted by molar-refractivity contribution is -0.128. The summed E-state index contributed by atoms with van der Waals surface area (Å²) >= 11 is 0. The Kier molecular flexibility index (Phi) is 3.48. The number of ether oxygens (including phenoxy) is 1. The van der Waals surface area contributed by atoms with E-state index in [-0.39, 0.29) is 5.60 Å². The van der Waals surface area contributed by atoms with Crippen molar-refractivity contribution in [1.29, 1.82) is 0 Å². The molecule has 1 unspecified atom stereocenters. The highest BCUT2D eigenvalue weighted by Gasteiger charge is 2.19. The normalized spacial score (nSPS) is 13.5. The molecule has 2 nitrogen and oxygen atoms in total. The molecule has 2 aromatic carbocycles. The third-order valence-corrected chi connectivity index (χ3v) is 2.71. The van der Waals surface area contributed by atoms with E-state index in [0.29, 0.717) is 0 Å². The van der Waals surface area contributed by atoms with Crippen molar-refractivity contribution in [2.45, 2.75) is 32.5 Å².